The number of carbonyl (C=O) groups is 1. The van der Waals surface area contributed by atoms with Crippen molar-refractivity contribution in [2.45, 2.75) is 25.5 Å². The number of hydrogen-bond acceptors (Lipinski definition) is 5. The van der Waals surface area contributed by atoms with Gasteiger partial charge in [0.15, 0.2) is 5.65 Å². The molecule has 1 unspecified atom stereocenters. The Balaban J connectivity index is 1.68. The third-order valence-corrected chi connectivity index (χ3v) is 4.94. The van der Waals surface area contributed by atoms with E-state index in [9.17, 15) is 9.59 Å². The van der Waals surface area contributed by atoms with Crippen LogP contribution in [0, 0.1) is 0 Å². The Morgan fingerprint density at radius 1 is 1.39 bits per heavy atom. The van der Waals surface area contributed by atoms with Gasteiger partial charge in [-0.2, -0.15) is 0 Å². The van der Waals surface area contributed by atoms with Crippen LogP contribution in [-0.2, 0) is 11.3 Å². The lowest BCUT2D eigenvalue weighted by atomic mass is 10.1. The molecule has 1 aliphatic heterocycles. The molecule has 1 aliphatic rings. The summed E-state index contributed by atoms with van der Waals surface area (Å²) in [6, 6.07) is 8.96. The molecule has 8 heteroatoms. The maximum atomic E-state index is 13.4. The topological polar surface area (TPSA) is 88.9 Å². The summed E-state index contributed by atoms with van der Waals surface area (Å²) >= 11 is 0. The van der Waals surface area contributed by atoms with Gasteiger partial charge in [0.1, 0.15) is 11.3 Å². The number of fused-ring (bicyclic) bond motifs is 1. The zero-order valence-corrected chi connectivity index (χ0v) is 15.6. The van der Waals surface area contributed by atoms with Gasteiger partial charge in [-0.05, 0) is 18.9 Å². The molecular formula is C20H22N4O4. The van der Waals surface area contributed by atoms with E-state index in [0.717, 1.165) is 24.2 Å². The molecule has 0 saturated carbocycles. The normalized spacial score (nSPS) is 16.4. The molecule has 3 heterocycles. The highest BCUT2D eigenvalue weighted by Crippen LogP contribution is 2.23. The second kappa shape index (κ2) is 7.85. The van der Waals surface area contributed by atoms with Crippen LogP contribution >= 0.6 is 0 Å². The third-order valence-electron chi connectivity index (χ3n) is 4.94. The first-order valence-electron chi connectivity index (χ1n) is 9.25. The molecule has 0 spiro atoms. The standard InChI is InChI=1S/C20H22N4O4/c1-27-17-7-3-2-5-14(17)12-23(13-15-6-4-10-28-15)20(26)16-11-22-24-18(25)8-9-21-19(16)24/h2-3,5,7-9,11,15,22H,4,6,10,12-13H2,1H3. The number of amides is 1. The molecule has 8 nitrogen and oxygen atoms in total. The quantitative estimate of drug-likeness (QED) is 0.703. The van der Waals surface area contributed by atoms with Gasteiger partial charge in [0.05, 0.1) is 13.2 Å². The molecule has 3 aromatic rings. The fraction of sp³-hybridized carbons (Fsp3) is 0.350. The Morgan fingerprint density at radius 3 is 3.04 bits per heavy atom. The van der Waals surface area contributed by atoms with Gasteiger partial charge in [-0.15, -0.1) is 0 Å². The highest BCUT2D eigenvalue weighted by molar-refractivity contribution is 5.99. The zero-order valence-electron chi connectivity index (χ0n) is 15.6. The number of rotatable bonds is 6. The predicted molar refractivity (Wildman–Crippen MR) is 103 cm³/mol. The van der Waals surface area contributed by atoms with E-state index < -0.39 is 0 Å². The van der Waals surface area contributed by atoms with Crippen LogP contribution in [0.1, 0.15) is 28.8 Å². The van der Waals surface area contributed by atoms with E-state index in [1.165, 1.54) is 23.0 Å². The minimum absolute atomic E-state index is 0.000421. The molecule has 1 amide bonds. The van der Waals surface area contributed by atoms with Crippen LogP contribution in [0.15, 0.2) is 47.5 Å². The molecule has 1 saturated heterocycles. The SMILES string of the molecule is COc1ccccc1CN(CC1CCCO1)C(=O)c1c[nH]n2c(=O)ccnc12. The lowest BCUT2D eigenvalue weighted by Crippen LogP contribution is -2.37. The van der Waals surface area contributed by atoms with E-state index in [4.69, 9.17) is 9.47 Å². The van der Waals surface area contributed by atoms with Crippen molar-refractivity contribution in [2.75, 3.05) is 20.3 Å². The predicted octanol–water partition coefficient (Wildman–Crippen LogP) is 1.85. The van der Waals surface area contributed by atoms with Gasteiger partial charge in [-0.25, -0.2) is 9.50 Å². The van der Waals surface area contributed by atoms with E-state index in [0.29, 0.717) is 30.9 Å². The van der Waals surface area contributed by atoms with Crippen LogP contribution in [0.3, 0.4) is 0 Å². The van der Waals surface area contributed by atoms with E-state index in [1.807, 2.05) is 24.3 Å². The average Bonchev–Trinajstić information content (AvgIpc) is 3.38. The highest BCUT2D eigenvalue weighted by Gasteiger charge is 2.26. The van der Waals surface area contributed by atoms with Gasteiger partial charge in [0, 0.05) is 43.7 Å². The number of carbonyl (C=O) groups excluding carboxylic acids is 1. The maximum Gasteiger partial charge on any atom is 0.272 e. The van der Waals surface area contributed by atoms with Crippen LogP contribution in [0.4, 0.5) is 0 Å². The van der Waals surface area contributed by atoms with E-state index in [-0.39, 0.29) is 17.6 Å². The molecule has 1 N–H and O–H groups in total. The number of aromatic amines is 1. The molecule has 1 atom stereocenters. The van der Waals surface area contributed by atoms with Crippen LogP contribution in [0.5, 0.6) is 5.75 Å². The summed E-state index contributed by atoms with van der Waals surface area (Å²) in [6.45, 7) is 1.55. The number of aromatic nitrogens is 3. The summed E-state index contributed by atoms with van der Waals surface area (Å²) in [5, 5.41) is 2.81. The van der Waals surface area contributed by atoms with Crippen LogP contribution in [-0.4, -0.2) is 51.8 Å². The first-order valence-corrected chi connectivity index (χ1v) is 9.25. The number of methoxy groups -OCH3 is 1. The number of nitrogens with one attached hydrogen (secondary N) is 1. The minimum Gasteiger partial charge on any atom is -0.496 e. The molecule has 4 rings (SSSR count). The van der Waals surface area contributed by atoms with Crippen molar-refractivity contribution in [3.63, 3.8) is 0 Å². The number of H-pyrrole nitrogens is 1. The van der Waals surface area contributed by atoms with Gasteiger partial charge in [-0.1, -0.05) is 18.2 Å². The lowest BCUT2D eigenvalue weighted by molar-refractivity contribution is 0.0507. The first kappa shape index (κ1) is 18.2. The fourth-order valence-corrected chi connectivity index (χ4v) is 3.54. The van der Waals surface area contributed by atoms with E-state index >= 15 is 0 Å². The Bertz CT molecular complexity index is 1040. The Morgan fingerprint density at radius 2 is 2.25 bits per heavy atom. The summed E-state index contributed by atoms with van der Waals surface area (Å²) in [4.78, 5) is 31.3. The van der Waals surface area contributed by atoms with Crippen molar-refractivity contribution in [1.29, 1.82) is 0 Å². The number of hydrogen-bond donors (Lipinski definition) is 1. The summed E-state index contributed by atoms with van der Waals surface area (Å²) in [5.74, 6) is 0.513. The molecule has 0 radical (unpaired) electrons. The van der Waals surface area contributed by atoms with Gasteiger partial charge >= 0.3 is 0 Å². The van der Waals surface area contributed by atoms with E-state index in [1.54, 1.807) is 12.0 Å². The molecule has 2 aromatic heterocycles. The summed E-state index contributed by atoms with van der Waals surface area (Å²) in [6.07, 6.45) is 4.84. The highest BCUT2D eigenvalue weighted by atomic mass is 16.5. The molecule has 1 aromatic carbocycles. The van der Waals surface area contributed by atoms with Gasteiger partial charge in [0.25, 0.3) is 11.5 Å². The molecule has 0 aliphatic carbocycles. The smallest absolute Gasteiger partial charge is 0.272 e. The summed E-state index contributed by atoms with van der Waals surface area (Å²) in [7, 11) is 1.61. The number of benzene rings is 1. The molecule has 0 bridgehead atoms. The Kier molecular flexibility index (Phi) is 5.12. The van der Waals surface area contributed by atoms with E-state index in [2.05, 4.69) is 10.1 Å². The van der Waals surface area contributed by atoms with Gasteiger partial charge < -0.3 is 14.4 Å². The van der Waals surface area contributed by atoms with Crippen LogP contribution in [0.25, 0.3) is 5.65 Å². The molecule has 146 valence electrons. The van der Waals surface area contributed by atoms with Gasteiger partial charge in [-0.3, -0.25) is 14.7 Å². The number of para-hydroxylation sites is 1. The first-order chi connectivity index (χ1) is 13.7. The molecule has 28 heavy (non-hydrogen) atoms. The third kappa shape index (κ3) is 3.50. The largest absolute Gasteiger partial charge is 0.496 e. The average molecular weight is 382 g/mol. The van der Waals surface area contributed by atoms with Crippen molar-refractivity contribution in [3.05, 3.63) is 64.2 Å². The maximum absolute atomic E-state index is 13.4. The second-order valence-electron chi connectivity index (χ2n) is 6.76. The van der Waals surface area contributed by atoms with Crippen molar-refractivity contribution < 1.29 is 14.3 Å². The van der Waals surface area contributed by atoms with Crippen molar-refractivity contribution in [3.8, 4) is 5.75 Å². The second-order valence-corrected chi connectivity index (χ2v) is 6.76. The van der Waals surface area contributed by atoms with Crippen LogP contribution < -0.4 is 10.3 Å². The Hall–Kier alpha value is -3.13. The Labute approximate surface area is 161 Å². The summed E-state index contributed by atoms with van der Waals surface area (Å²) in [5.41, 5.74) is 1.31. The monoisotopic (exact) mass is 382 g/mol. The number of nitrogens with zero attached hydrogens (tertiary/aromatic N) is 3. The summed E-state index contributed by atoms with van der Waals surface area (Å²) < 4.78 is 12.5. The van der Waals surface area contributed by atoms with Gasteiger partial charge in [0.2, 0.25) is 0 Å². The van der Waals surface area contributed by atoms with Crippen molar-refractivity contribution >= 4 is 11.6 Å². The van der Waals surface area contributed by atoms with Crippen LogP contribution in [0.2, 0.25) is 0 Å². The molecule has 1 fully saturated rings. The number of ether oxygens (including phenoxy) is 2. The van der Waals surface area contributed by atoms with Crippen molar-refractivity contribution in [2.24, 2.45) is 0 Å². The lowest BCUT2D eigenvalue weighted by Gasteiger charge is -2.26. The fourth-order valence-electron chi connectivity index (χ4n) is 3.54. The zero-order chi connectivity index (χ0) is 19.5. The van der Waals surface area contributed by atoms with Crippen molar-refractivity contribution in [1.82, 2.24) is 19.5 Å². The molecular weight excluding hydrogens is 360 g/mol. The minimum atomic E-state index is -0.264.